The maximum absolute atomic E-state index is 12.0. The first-order valence-electron chi connectivity index (χ1n) is 9.29. The summed E-state index contributed by atoms with van der Waals surface area (Å²) in [4.78, 5) is 24.9. The quantitative estimate of drug-likeness (QED) is 0.472. The highest BCUT2D eigenvalue weighted by Crippen LogP contribution is 2.38. The van der Waals surface area contributed by atoms with Crippen molar-refractivity contribution < 1.29 is 14.8 Å². The van der Waals surface area contributed by atoms with Crippen LogP contribution in [0.3, 0.4) is 0 Å². The molecule has 0 unspecified atom stereocenters. The lowest BCUT2D eigenvalue weighted by Gasteiger charge is -2.39. The van der Waals surface area contributed by atoms with E-state index in [9.17, 15) is 20.0 Å². The third kappa shape index (κ3) is 4.01. The molecule has 6 heteroatoms. The molecular weight excluding hydrogens is 344 g/mol. The molecule has 0 atom stereocenters. The van der Waals surface area contributed by atoms with Crippen LogP contribution < -0.4 is 4.90 Å². The maximum Gasteiger partial charge on any atom is 0.275 e. The van der Waals surface area contributed by atoms with Gasteiger partial charge in [0.1, 0.15) is 0 Å². The number of Topliss-reactive ketones (excluding diaryl/α,β-unsaturated/α-hetero) is 1. The highest BCUT2D eigenvalue weighted by Gasteiger charge is 2.38. The van der Waals surface area contributed by atoms with Gasteiger partial charge in [0.25, 0.3) is 5.69 Å². The second-order valence-electron chi connectivity index (χ2n) is 7.01. The number of benzene rings is 2. The molecule has 27 heavy (non-hydrogen) atoms. The normalized spacial score (nSPS) is 16.1. The van der Waals surface area contributed by atoms with Gasteiger partial charge >= 0.3 is 0 Å². The average molecular weight is 368 g/mol. The number of carbonyl (C=O) groups excluding carboxylic acids is 1. The number of nitrogens with zero attached hydrogens (tertiary/aromatic N) is 2. The van der Waals surface area contributed by atoms with Crippen LogP contribution >= 0.6 is 0 Å². The van der Waals surface area contributed by atoms with Gasteiger partial charge in [-0.25, -0.2) is 0 Å². The standard InChI is InChI=1S/C21H24N2O4/c1-2-5-20(24)16-8-10-17(11-9-16)22-14-12-21(25,13-15-22)18-6-3-4-7-19(18)23(26)27/h3-4,6-11,25H,2,5,12-15H2,1H3. The monoisotopic (exact) mass is 368 g/mol. The first-order chi connectivity index (χ1) is 12.9. The summed E-state index contributed by atoms with van der Waals surface area (Å²) in [6.07, 6.45) is 2.20. The van der Waals surface area contributed by atoms with E-state index in [4.69, 9.17) is 0 Å². The minimum Gasteiger partial charge on any atom is -0.385 e. The third-order valence-electron chi connectivity index (χ3n) is 5.22. The van der Waals surface area contributed by atoms with E-state index >= 15 is 0 Å². The van der Waals surface area contributed by atoms with Crippen molar-refractivity contribution in [1.82, 2.24) is 0 Å². The zero-order valence-corrected chi connectivity index (χ0v) is 15.4. The molecule has 142 valence electrons. The number of aliphatic hydroxyl groups is 1. The molecule has 1 fully saturated rings. The van der Waals surface area contributed by atoms with Gasteiger partial charge < -0.3 is 10.0 Å². The van der Waals surface area contributed by atoms with E-state index in [0.717, 1.165) is 12.1 Å². The van der Waals surface area contributed by atoms with E-state index < -0.39 is 10.5 Å². The van der Waals surface area contributed by atoms with Crippen LogP contribution in [-0.4, -0.2) is 28.9 Å². The molecule has 0 bridgehead atoms. The second kappa shape index (κ2) is 7.88. The predicted molar refractivity (Wildman–Crippen MR) is 104 cm³/mol. The fourth-order valence-electron chi connectivity index (χ4n) is 3.66. The van der Waals surface area contributed by atoms with Crippen LogP contribution in [0, 0.1) is 10.1 Å². The van der Waals surface area contributed by atoms with Gasteiger partial charge in [0, 0.05) is 36.8 Å². The van der Waals surface area contributed by atoms with Gasteiger partial charge in [0.2, 0.25) is 0 Å². The SMILES string of the molecule is CCCC(=O)c1ccc(N2CCC(O)(c3ccccc3[N+](=O)[O-])CC2)cc1. The van der Waals surface area contributed by atoms with Crippen molar-refractivity contribution in [2.45, 2.75) is 38.2 Å². The van der Waals surface area contributed by atoms with Crippen LogP contribution in [0.1, 0.15) is 48.5 Å². The van der Waals surface area contributed by atoms with E-state index in [-0.39, 0.29) is 11.5 Å². The molecule has 0 amide bonds. The van der Waals surface area contributed by atoms with E-state index in [2.05, 4.69) is 4.90 Å². The molecule has 0 radical (unpaired) electrons. The second-order valence-corrected chi connectivity index (χ2v) is 7.01. The summed E-state index contributed by atoms with van der Waals surface area (Å²) >= 11 is 0. The minimum atomic E-state index is -1.20. The van der Waals surface area contributed by atoms with Crippen molar-refractivity contribution in [3.63, 3.8) is 0 Å². The number of carbonyl (C=O) groups is 1. The molecule has 1 aliphatic heterocycles. The molecule has 3 rings (SSSR count). The smallest absolute Gasteiger partial charge is 0.275 e. The summed E-state index contributed by atoms with van der Waals surface area (Å²) in [6.45, 7) is 3.16. The lowest BCUT2D eigenvalue weighted by atomic mass is 9.83. The first-order valence-corrected chi connectivity index (χ1v) is 9.29. The van der Waals surface area contributed by atoms with Crippen molar-refractivity contribution in [3.05, 3.63) is 69.8 Å². The Labute approximate surface area is 158 Å². The summed E-state index contributed by atoms with van der Waals surface area (Å²) in [5.41, 5.74) is 0.862. The summed E-state index contributed by atoms with van der Waals surface area (Å²) in [7, 11) is 0. The molecule has 0 saturated carbocycles. The zero-order chi connectivity index (χ0) is 19.4. The fraction of sp³-hybridized carbons (Fsp3) is 0.381. The van der Waals surface area contributed by atoms with Crippen LogP contribution in [0.5, 0.6) is 0 Å². The number of nitro groups is 1. The van der Waals surface area contributed by atoms with Crippen LogP contribution in [0.4, 0.5) is 11.4 Å². The molecule has 1 heterocycles. The molecule has 1 aliphatic rings. The van der Waals surface area contributed by atoms with Gasteiger partial charge in [0.05, 0.1) is 16.1 Å². The Bertz CT molecular complexity index is 824. The Kier molecular flexibility index (Phi) is 5.56. The zero-order valence-electron chi connectivity index (χ0n) is 15.4. The van der Waals surface area contributed by atoms with E-state index in [1.807, 2.05) is 31.2 Å². The molecule has 1 saturated heterocycles. The number of hydrogen-bond donors (Lipinski definition) is 1. The van der Waals surface area contributed by atoms with Crippen LogP contribution in [0.25, 0.3) is 0 Å². The molecule has 1 N–H and O–H groups in total. The molecule has 6 nitrogen and oxygen atoms in total. The number of rotatable bonds is 6. The number of anilines is 1. The fourth-order valence-corrected chi connectivity index (χ4v) is 3.66. The Morgan fingerprint density at radius 3 is 2.37 bits per heavy atom. The van der Waals surface area contributed by atoms with Gasteiger partial charge in [-0.2, -0.15) is 0 Å². The van der Waals surface area contributed by atoms with Gasteiger partial charge in [-0.15, -0.1) is 0 Å². The molecule has 0 spiro atoms. The molecule has 2 aromatic carbocycles. The van der Waals surface area contributed by atoms with Crippen molar-refractivity contribution in [2.24, 2.45) is 0 Å². The Hall–Kier alpha value is -2.73. The van der Waals surface area contributed by atoms with Gasteiger partial charge in [-0.3, -0.25) is 14.9 Å². The van der Waals surface area contributed by atoms with Crippen LogP contribution in [-0.2, 0) is 5.60 Å². The molecule has 0 aromatic heterocycles. The van der Waals surface area contributed by atoms with Crippen LogP contribution in [0.2, 0.25) is 0 Å². The lowest BCUT2D eigenvalue weighted by Crippen LogP contribution is -2.43. The maximum atomic E-state index is 12.0. The number of ketones is 1. The van der Waals surface area contributed by atoms with E-state index in [1.165, 1.54) is 6.07 Å². The van der Waals surface area contributed by atoms with Crippen molar-refractivity contribution in [3.8, 4) is 0 Å². The van der Waals surface area contributed by atoms with Gasteiger partial charge in [-0.05, 0) is 49.6 Å². The predicted octanol–water partition coefficient (Wildman–Crippen LogP) is 4.07. The minimum absolute atomic E-state index is 0.0350. The van der Waals surface area contributed by atoms with Crippen molar-refractivity contribution >= 4 is 17.2 Å². The summed E-state index contributed by atoms with van der Waals surface area (Å²) in [5.74, 6) is 0.147. The van der Waals surface area contributed by atoms with Crippen molar-refractivity contribution in [1.29, 1.82) is 0 Å². The first kappa shape index (κ1) is 19.0. The summed E-state index contributed by atoms with van der Waals surface area (Å²) in [5, 5.41) is 22.3. The van der Waals surface area contributed by atoms with E-state index in [1.54, 1.807) is 18.2 Å². The largest absolute Gasteiger partial charge is 0.385 e. The lowest BCUT2D eigenvalue weighted by molar-refractivity contribution is -0.386. The highest BCUT2D eigenvalue weighted by atomic mass is 16.6. The Balaban J connectivity index is 1.72. The Morgan fingerprint density at radius 2 is 1.78 bits per heavy atom. The third-order valence-corrected chi connectivity index (χ3v) is 5.22. The number of para-hydroxylation sites is 1. The summed E-state index contributed by atoms with van der Waals surface area (Å²) < 4.78 is 0. The topological polar surface area (TPSA) is 83.7 Å². The van der Waals surface area contributed by atoms with Crippen molar-refractivity contribution in [2.75, 3.05) is 18.0 Å². The average Bonchev–Trinajstić information content (AvgIpc) is 2.69. The van der Waals surface area contributed by atoms with Crippen LogP contribution in [0.15, 0.2) is 48.5 Å². The molecule has 0 aliphatic carbocycles. The Morgan fingerprint density at radius 1 is 1.15 bits per heavy atom. The number of nitro benzene ring substituents is 1. The van der Waals surface area contributed by atoms with Gasteiger partial charge in [0.15, 0.2) is 5.78 Å². The highest BCUT2D eigenvalue weighted by molar-refractivity contribution is 5.96. The summed E-state index contributed by atoms with van der Waals surface area (Å²) in [6, 6.07) is 14.0. The number of piperidine rings is 1. The van der Waals surface area contributed by atoms with Gasteiger partial charge in [-0.1, -0.05) is 19.1 Å². The number of hydrogen-bond acceptors (Lipinski definition) is 5. The molecular formula is C21H24N2O4. The molecule has 2 aromatic rings. The van der Waals surface area contributed by atoms with E-state index in [0.29, 0.717) is 43.5 Å².